The fraction of sp³-hybridized carbons (Fsp3) is 0.472. The third kappa shape index (κ3) is 4.19. The Labute approximate surface area is 261 Å². The van der Waals surface area contributed by atoms with Crippen LogP contribution in [0.1, 0.15) is 63.1 Å². The van der Waals surface area contributed by atoms with E-state index in [1.807, 2.05) is 42.1 Å². The first-order valence-electron chi connectivity index (χ1n) is 16.2. The second-order valence-corrected chi connectivity index (χ2v) is 14.2. The van der Waals surface area contributed by atoms with Crippen molar-refractivity contribution < 1.29 is 23.8 Å². The number of para-hydroxylation sites is 2. The fourth-order valence-corrected chi connectivity index (χ4v) is 9.81. The van der Waals surface area contributed by atoms with Crippen LogP contribution in [0.5, 0.6) is 0 Å². The van der Waals surface area contributed by atoms with Gasteiger partial charge < -0.3 is 19.9 Å². The quantitative estimate of drug-likeness (QED) is 0.279. The van der Waals surface area contributed by atoms with Crippen LogP contribution in [0.25, 0.3) is 22.9 Å². The molecule has 3 fully saturated rings. The number of oxazole rings is 1. The number of aliphatic hydroxyl groups is 2. The molecule has 7 atom stereocenters. The van der Waals surface area contributed by atoms with E-state index >= 15 is 0 Å². The molecule has 0 radical (unpaired) electrons. The van der Waals surface area contributed by atoms with Crippen LogP contribution in [-0.4, -0.2) is 49.1 Å². The topological polar surface area (TPSA) is 113 Å². The lowest BCUT2D eigenvalue weighted by molar-refractivity contribution is -0.181. The Hall–Kier alpha value is -3.82. The Morgan fingerprint density at radius 2 is 1.96 bits per heavy atom. The molecule has 9 heteroatoms. The molecule has 3 N–H and O–H groups in total. The normalized spacial score (nSPS) is 33.6. The molecule has 8 rings (SSSR count). The van der Waals surface area contributed by atoms with Crippen LogP contribution in [-0.2, 0) is 17.6 Å². The van der Waals surface area contributed by atoms with Crippen LogP contribution in [0.2, 0.25) is 0 Å². The van der Waals surface area contributed by atoms with Crippen molar-refractivity contribution in [3.63, 3.8) is 0 Å². The van der Waals surface area contributed by atoms with E-state index in [-0.39, 0.29) is 34.9 Å². The monoisotopic (exact) mass is 610 g/mol. The number of rotatable bonds is 5. The second-order valence-electron chi connectivity index (χ2n) is 14.2. The summed E-state index contributed by atoms with van der Waals surface area (Å²) in [6, 6.07) is 13.9. The number of fused-ring (bicyclic) bond motifs is 7. The highest BCUT2D eigenvalue weighted by Crippen LogP contribution is 2.67. The summed E-state index contributed by atoms with van der Waals surface area (Å²) in [4.78, 5) is 18.2. The zero-order chi connectivity index (χ0) is 31.1. The molecule has 4 aromatic rings. The van der Waals surface area contributed by atoms with Crippen LogP contribution in [0.3, 0.4) is 0 Å². The minimum absolute atomic E-state index is 0.0162. The number of allylic oxidation sites excluding steroid dienone is 1. The highest BCUT2D eigenvalue weighted by atomic mass is 19.1. The first kappa shape index (κ1) is 28.6. The molecule has 234 valence electrons. The Morgan fingerprint density at radius 1 is 1.16 bits per heavy atom. The van der Waals surface area contributed by atoms with Crippen LogP contribution < -0.4 is 5.32 Å². The lowest BCUT2D eigenvalue weighted by atomic mass is 9.45. The van der Waals surface area contributed by atoms with Crippen LogP contribution in [0, 0.1) is 34.4 Å². The molecule has 0 saturated heterocycles. The molecule has 8 nitrogen and oxygen atoms in total. The first-order valence-corrected chi connectivity index (χ1v) is 16.2. The number of benzene rings is 2. The van der Waals surface area contributed by atoms with E-state index in [2.05, 4.69) is 28.4 Å². The number of amides is 1. The molecule has 0 aliphatic heterocycles. The number of carbonyl (C=O) groups is 1. The minimum atomic E-state index is -1.56. The molecule has 1 amide bonds. The maximum atomic E-state index is 13.7. The average Bonchev–Trinajstić information content (AvgIpc) is 3.69. The van der Waals surface area contributed by atoms with Crippen molar-refractivity contribution in [1.82, 2.24) is 20.1 Å². The maximum Gasteiger partial charge on any atom is 0.252 e. The van der Waals surface area contributed by atoms with Gasteiger partial charge in [-0.25, -0.2) is 14.1 Å². The summed E-state index contributed by atoms with van der Waals surface area (Å²) in [5.74, 6) is 0.234. The second kappa shape index (κ2) is 10.1. The Bertz CT molecular complexity index is 1800. The summed E-state index contributed by atoms with van der Waals surface area (Å²) in [5, 5.41) is 31.7. The van der Waals surface area contributed by atoms with E-state index in [0.29, 0.717) is 37.3 Å². The van der Waals surface area contributed by atoms with Crippen molar-refractivity contribution in [2.24, 2.45) is 28.6 Å². The largest absolute Gasteiger partial charge is 0.441 e. The van der Waals surface area contributed by atoms with Crippen molar-refractivity contribution >= 4 is 23.1 Å². The third-order valence-electron chi connectivity index (χ3n) is 12.0. The summed E-state index contributed by atoms with van der Waals surface area (Å²) < 4.78 is 21.3. The molecule has 2 aromatic heterocycles. The van der Waals surface area contributed by atoms with Crippen LogP contribution in [0.4, 0.5) is 4.39 Å². The average molecular weight is 611 g/mol. The lowest BCUT2D eigenvalue weighted by Gasteiger charge is -2.60. The van der Waals surface area contributed by atoms with Gasteiger partial charge in [-0.05, 0) is 110 Å². The zero-order valence-electron chi connectivity index (χ0n) is 25.7. The van der Waals surface area contributed by atoms with Crippen molar-refractivity contribution in [1.29, 1.82) is 0 Å². The summed E-state index contributed by atoms with van der Waals surface area (Å²) in [6.07, 6.45) is 7.97. The first-order chi connectivity index (χ1) is 21.6. The Kier molecular flexibility index (Phi) is 6.42. The van der Waals surface area contributed by atoms with Gasteiger partial charge >= 0.3 is 0 Å². The molecule has 0 bridgehead atoms. The van der Waals surface area contributed by atoms with Gasteiger partial charge in [0.05, 0.1) is 23.7 Å². The Balaban J connectivity index is 1.01. The van der Waals surface area contributed by atoms with Gasteiger partial charge in [0.2, 0.25) is 0 Å². The van der Waals surface area contributed by atoms with Crippen LogP contribution >= 0.6 is 0 Å². The molecule has 4 aliphatic carbocycles. The molecular formula is C36H39FN4O4. The number of aliphatic hydroxyl groups excluding tert-OH is 1. The van der Waals surface area contributed by atoms with E-state index in [9.17, 15) is 19.4 Å². The molecule has 4 aliphatic rings. The van der Waals surface area contributed by atoms with Gasteiger partial charge in [0, 0.05) is 18.4 Å². The molecule has 3 saturated carbocycles. The van der Waals surface area contributed by atoms with E-state index in [1.54, 1.807) is 12.1 Å². The molecule has 45 heavy (non-hydrogen) atoms. The van der Waals surface area contributed by atoms with E-state index < -0.39 is 17.1 Å². The number of hydrogen-bond acceptors (Lipinski definition) is 6. The summed E-state index contributed by atoms with van der Waals surface area (Å²) in [6.45, 7) is 4.60. The fourth-order valence-electron chi connectivity index (χ4n) is 9.81. The number of halogens is 1. The number of carbonyl (C=O) groups excluding carboxylic acids is 1. The summed E-state index contributed by atoms with van der Waals surface area (Å²) in [5.41, 5.74) is 3.22. The van der Waals surface area contributed by atoms with E-state index in [0.717, 1.165) is 48.1 Å². The highest BCUT2D eigenvalue weighted by Gasteiger charge is 2.68. The summed E-state index contributed by atoms with van der Waals surface area (Å²) >= 11 is 0. The summed E-state index contributed by atoms with van der Waals surface area (Å²) in [7, 11) is 0. The van der Waals surface area contributed by atoms with E-state index in [1.165, 1.54) is 17.7 Å². The van der Waals surface area contributed by atoms with E-state index in [4.69, 9.17) is 4.42 Å². The number of hydrogen-bond donors (Lipinski definition) is 3. The van der Waals surface area contributed by atoms with Crippen molar-refractivity contribution in [2.75, 3.05) is 6.54 Å². The van der Waals surface area contributed by atoms with Gasteiger partial charge in [0.1, 0.15) is 16.9 Å². The molecule has 0 spiro atoms. The Morgan fingerprint density at radius 3 is 2.76 bits per heavy atom. The van der Waals surface area contributed by atoms with Gasteiger partial charge in [0.15, 0.2) is 11.5 Å². The van der Waals surface area contributed by atoms with Gasteiger partial charge in [0.25, 0.3) is 5.91 Å². The molecule has 3 unspecified atom stereocenters. The molecule has 2 aromatic carbocycles. The SMILES string of the molecule is C[C@]12Cc3cnn(-c4ccc(F)cc4)c3C=C1CCC1C2[C@@H](O)C[C@@]2(C)C1CC[C@]2(O)C(=O)NCCc1nc2ccccc2o1. The van der Waals surface area contributed by atoms with Gasteiger partial charge in [-0.3, -0.25) is 4.79 Å². The zero-order valence-corrected chi connectivity index (χ0v) is 25.7. The lowest BCUT2D eigenvalue weighted by Crippen LogP contribution is -2.63. The maximum absolute atomic E-state index is 13.7. The number of nitrogens with one attached hydrogen (secondary N) is 1. The minimum Gasteiger partial charge on any atom is -0.441 e. The van der Waals surface area contributed by atoms with Gasteiger partial charge in [-0.1, -0.05) is 31.6 Å². The predicted octanol–water partition coefficient (Wildman–Crippen LogP) is 5.40. The van der Waals surface area contributed by atoms with Gasteiger partial charge in [-0.2, -0.15) is 5.10 Å². The predicted molar refractivity (Wildman–Crippen MR) is 167 cm³/mol. The third-order valence-corrected chi connectivity index (χ3v) is 12.0. The molecule has 2 heterocycles. The number of aromatic nitrogens is 3. The highest BCUT2D eigenvalue weighted by molar-refractivity contribution is 5.86. The molecular weight excluding hydrogens is 571 g/mol. The smallest absolute Gasteiger partial charge is 0.252 e. The van der Waals surface area contributed by atoms with Gasteiger partial charge in [-0.15, -0.1) is 0 Å². The van der Waals surface area contributed by atoms with Crippen LogP contribution in [0.15, 0.2) is 64.7 Å². The standard InChI is InChI=1S/C36H39FN4O4/c1-34-18-21-20-39-41(24-10-8-23(37)9-11-24)28(21)17-22(34)7-12-25-26-13-15-36(44,35(26,2)19-29(42)32(25)34)33(43)38-16-14-31-40-27-5-3-4-6-30(27)45-31/h3-6,8-11,17,20,25-26,29,32,42,44H,7,12-16,18-19H2,1-2H3,(H,38,43)/t25?,26?,29-,32?,34-,35-,36-/m0/s1. The number of nitrogens with zero attached hydrogens (tertiary/aromatic N) is 3. The van der Waals surface area contributed by atoms with Crippen molar-refractivity contribution in [2.45, 2.75) is 70.5 Å². The van der Waals surface area contributed by atoms with Crippen molar-refractivity contribution in [3.05, 3.63) is 83.3 Å². The van der Waals surface area contributed by atoms with Crippen molar-refractivity contribution in [3.8, 4) is 5.69 Å².